The van der Waals surface area contributed by atoms with Crippen LogP contribution in [0.25, 0.3) is 0 Å². The van der Waals surface area contributed by atoms with E-state index in [0.29, 0.717) is 6.04 Å². The van der Waals surface area contributed by atoms with Gasteiger partial charge in [0, 0.05) is 17.0 Å². The van der Waals surface area contributed by atoms with Crippen molar-refractivity contribution < 1.29 is 0 Å². The zero-order valence-electron chi connectivity index (χ0n) is 12.9. The highest BCUT2D eigenvalue weighted by Gasteiger charge is 2.12. The molecule has 2 atom stereocenters. The molecule has 1 aromatic rings. The topological polar surface area (TPSA) is 12.0 Å². The molecule has 0 radical (unpaired) electrons. The molecule has 0 bridgehead atoms. The minimum absolute atomic E-state index is 0.491. The Kier molecular flexibility index (Phi) is 8.24. The molecule has 0 saturated heterocycles. The number of nitrogens with one attached hydrogen (secondary N) is 1. The zero-order chi connectivity index (χ0) is 14.1. The average Bonchev–Trinajstić information content (AvgIpc) is 2.47. The minimum atomic E-state index is 0.491. The summed E-state index contributed by atoms with van der Waals surface area (Å²) in [5.74, 6) is 1.17. The van der Waals surface area contributed by atoms with Gasteiger partial charge in [0.15, 0.2) is 0 Å². The van der Waals surface area contributed by atoms with Gasteiger partial charge in [-0.1, -0.05) is 52.0 Å². The fourth-order valence-electron chi connectivity index (χ4n) is 2.00. The predicted molar refractivity (Wildman–Crippen MR) is 89.1 cm³/mol. The third kappa shape index (κ3) is 6.01. The smallest absolute Gasteiger partial charge is 0.0412 e. The third-order valence-electron chi connectivity index (χ3n) is 3.52. The van der Waals surface area contributed by atoms with Gasteiger partial charge in [-0.25, -0.2) is 0 Å². The van der Waals surface area contributed by atoms with E-state index in [9.17, 15) is 0 Å². The third-order valence-corrected chi connectivity index (χ3v) is 4.95. The number of aryl methyl sites for hydroxylation is 1. The Hall–Kier alpha value is -0.470. The van der Waals surface area contributed by atoms with Gasteiger partial charge in [0.1, 0.15) is 0 Å². The first-order chi connectivity index (χ1) is 9.21. The van der Waals surface area contributed by atoms with Crippen LogP contribution in [0.1, 0.15) is 57.7 Å². The van der Waals surface area contributed by atoms with Crippen molar-refractivity contribution in [2.24, 2.45) is 0 Å². The highest BCUT2D eigenvalue weighted by molar-refractivity contribution is 7.99. The van der Waals surface area contributed by atoms with E-state index < -0.39 is 0 Å². The summed E-state index contributed by atoms with van der Waals surface area (Å²) in [5.41, 5.74) is 2.89. The van der Waals surface area contributed by atoms with E-state index in [1.54, 1.807) is 0 Å². The number of thioether (sulfide) groups is 1. The molecule has 2 unspecified atom stereocenters. The van der Waals surface area contributed by atoms with Crippen LogP contribution in [0.4, 0.5) is 0 Å². The van der Waals surface area contributed by atoms with Crippen molar-refractivity contribution in [1.82, 2.24) is 5.32 Å². The molecule has 19 heavy (non-hydrogen) atoms. The molecule has 0 fully saturated rings. The molecule has 108 valence electrons. The lowest BCUT2D eigenvalue weighted by Gasteiger charge is -2.21. The predicted octanol–water partition coefficient (Wildman–Crippen LogP) is 4.82. The van der Waals surface area contributed by atoms with Crippen molar-refractivity contribution in [3.05, 3.63) is 35.4 Å². The Morgan fingerprint density at radius 3 is 2.63 bits per heavy atom. The molecule has 1 aromatic carbocycles. The quantitative estimate of drug-likeness (QED) is 0.695. The Bertz CT molecular complexity index is 351. The molecule has 0 aliphatic carbocycles. The maximum Gasteiger partial charge on any atom is 0.0412 e. The van der Waals surface area contributed by atoms with Crippen LogP contribution in [-0.4, -0.2) is 17.5 Å². The summed E-state index contributed by atoms with van der Waals surface area (Å²) >= 11 is 2.08. The first-order valence-corrected chi connectivity index (χ1v) is 8.69. The van der Waals surface area contributed by atoms with Crippen molar-refractivity contribution in [3.63, 3.8) is 0 Å². The number of benzene rings is 1. The molecule has 0 saturated carbocycles. The Morgan fingerprint density at radius 2 is 2.00 bits per heavy atom. The number of rotatable bonds is 9. The lowest BCUT2D eigenvalue weighted by Crippen LogP contribution is -2.25. The van der Waals surface area contributed by atoms with Gasteiger partial charge in [-0.15, -0.1) is 0 Å². The fourth-order valence-corrected chi connectivity index (χ4v) is 3.07. The highest BCUT2D eigenvalue weighted by Crippen LogP contribution is 2.23. The van der Waals surface area contributed by atoms with Crippen LogP contribution in [0.3, 0.4) is 0 Å². The summed E-state index contributed by atoms with van der Waals surface area (Å²) in [5, 5.41) is 4.45. The van der Waals surface area contributed by atoms with E-state index in [-0.39, 0.29) is 0 Å². The Labute approximate surface area is 123 Å². The van der Waals surface area contributed by atoms with Gasteiger partial charge < -0.3 is 5.32 Å². The largest absolute Gasteiger partial charge is 0.309 e. The first-order valence-electron chi connectivity index (χ1n) is 7.65. The second-order valence-corrected chi connectivity index (χ2v) is 6.63. The Morgan fingerprint density at radius 1 is 1.21 bits per heavy atom. The van der Waals surface area contributed by atoms with E-state index in [0.717, 1.165) is 18.2 Å². The van der Waals surface area contributed by atoms with Crippen molar-refractivity contribution in [2.45, 2.75) is 58.2 Å². The summed E-state index contributed by atoms with van der Waals surface area (Å²) in [7, 11) is 0. The lowest BCUT2D eigenvalue weighted by molar-refractivity contribution is 0.576. The molecule has 1 nitrogen and oxygen atoms in total. The monoisotopic (exact) mass is 279 g/mol. The Balaban J connectivity index is 2.70. The molecule has 0 heterocycles. The molecule has 0 aliphatic heterocycles. The number of hydrogen-bond donors (Lipinski definition) is 1. The number of hydrogen-bond acceptors (Lipinski definition) is 2. The van der Waals surface area contributed by atoms with Crippen LogP contribution in [0, 0.1) is 0 Å². The maximum absolute atomic E-state index is 3.70. The molecule has 1 rings (SSSR count). The average molecular weight is 279 g/mol. The van der Waals surface area contributed by atoms with Crippen LogP contribution in [0.5, 0.6) is 0 Å². The second-order valence-electron chi connectivity index (χ2n) is 5.16. The zero-order valence-corrected chi connectivity index (χ0v) is 13.7. The molecule has 1 N–H and O–H groups in total. The van der Waals surface area contributed by atoms with Gasteiger partial charge in [0.05, 0.1) is 0 Å². The lowest BCUT2D eigenvalue weighted by atomic mass is 10.0. The van der Waals surface area contributed by atoms with Crippen LogP contribution in [0.2, 0.25) is 0 Å². The maximum atomic E-state index is 3.70. The normalized spacial score (nSPS) is 14.3. The van der Waals surface area contributed by atoms with Gasteiger partial charge in [-0.2, -0.15) is 11.8 Å². The summed E-state index contributed by atoms with van der Waals surface area (Å²) in [6.07, 6.45) is 3.56. The first kappa shape index (κ1) is 16.6. The van der Waals surface area contributed by atoms with Gasteiger partial charge in [0.2, 0.25) is 0 Å². The van der Waals surface area contributed by atoms with Crippen molar-refractivity contribution >= 4 is 11.8 Å². The molecule has 0 amide bonds. The van der Waals surface area contributed by atoms with Crippen LogP contribution in [-0.2, 0) is 6.42 Å². The minimum Gasteiger partial charge on any atom is -0.309 e. The SMILES string of the molecule is CCCNC(CSC(C)CC)c1cccc(CC)c1. The van der Waals surface area contributed by atoms with Crippen molar-refractivity contribution in [1.29, 1.82) is 0 Å². The summed E-state index contributed by atoms with van der Waals surface area (Å²) in [6, 6.07) is 9.55. The summed E-state index contributed by atoms with van der Waals surface area (Å²) < 4.78 is 0. The van der Waals surface area contributed by atoms with E-state index in [2.05, 4.69) is 69.0 Å². The van der Waals surface area contributed by atoms with Crippen LogP contribution < -0.4 is 5.32 Å². The van der Waals surface area contributed by atoms with Gasteiger partial charge >= 0.3 is 0 Å². The van der Waals surface area contributed by atoms with Crippen molar-refractivity contribution in [3.8, 4) is 0 Å². The molecule has 2 heteroatoms. The highest BCUT2D eigenvalue weighted by atomic mass is 32.2. The molecular formula is C17H29NS. The van der Waals surface area contributed by atoms with Gasteiger partial charge in [0.25, 0.3) is 0 Å². The standard InChI is InChI=1S/C17H29NS/c1-5-11-18-17(13-19-14(4)6-2)16-10-8-9-15(7-3)12-16/h8-10,12,14,17-18H,5-7,11,13H2,1-4H3. The molecular weight excluding hydrogens is 250 g/mol. The van der Waals surface area contributed by atoms with Crippen molar-refractivity contribution in [2.75, 3.05) is 12.3 Å². The molecule has 0 aliphatic rings. The van der Waals surface area contributed by atoms with Gasteiger partial charge in [-0.05, 0) is 36.9 Å². The van der Waals surface area contributed by atoms with E-state index in [4.69, 9.17) is 0 Å². The van der Waals surface area contributed by atoms with Crippen LogP contribution in [0.15, 0.2) is 24.3 Å². The van der Waals surface area contributed by atoms with Gasteiger partial charge in [-0.3, -0.25) is 0 Å². The van der Waals surface area contributed by atoms with Crippen LogP contribution >= 0.6 is 11.8 Å². The van der Waals surface area contributed by atoms with E-state index in [1.807, 2.05) is 0 Å². The summed E-state index contributed by atoms with van der Waals surface area (Å²) in [4.78, 5) is 0. The fraction of sp³-hybridized carbons (Fsp3) is 0.647. The second kappa shape index (κ2) is 9.44. The van der Waals surface area contributed by atoms with E-state index >= 15 is 0 Å². The molecule has 0 aromatic heterocycles. The summed E-state index contributed by atoms with van der Waals surface area (Å²) in [6.45, 7) is 10.1. The van der Waals surface area contributed by atoms with E-state index in [1.165, 1.54) is 29.7 Å². The molecule has 0 spiro atoms.